The number of Topliss-reactive ketones (excluding diaryl/α,β-unsaturated/α-hetero) is 1. The van der Waals surface area contributed by atoms with Crippen molar-refractivity contribution in [3.8, 4) is 0 Å². The molecule has 1 aliphatic rings. The molecule has 0 spiro atoms. The highest BCUT2D eigenvalue weighted by atomic mass is 35.5. The zero-order valence-corrected chi connectivity index (χ0v) is 12.5. The van der Waals surface area contributed by atoms with Gasteiger partial charge in [0.2, 0.25) is 5.95 Å². The van der Waals surface area contributed by atoms with Crippen LogP contribution in [-0.2, 0) is 12.8 Å². The van der Waals surface area contributed by atoms with E-state index in [4.69, 9.17) is 17.3 Å². The Hall–Kier alpha value is -1.94. The molecular weight excluding hydrogens is 286 g/mol. The fraction of sp³-hybridized carbons (Fsp3) is 0.312. The number of hydrogen-bond acceptors (Lipinski definition) is 4. The minimum Gasteiger partial charge on any atom is -0.368 e. The lowest BCUT2D eigenvalue weighted by molar-refractivity contribution is 0.0961. The molecule has 0 amide bonds. The summed E-state index contributed by atoms with van der Waals surface area (Å²) in [6.45, 7) is 1.97. The number of hydrogen-bond donors (Lipinski definition) is 1. The van der Waals surface area contributed by atoms with Gasteiger partial charge in [0.05, 0.1) is 17.0 Å². The fourth-order valence-electron chi connectivity index (χ4n) is 2.91. The zero-order chi connectivity index (χ0) is 15.0. The lowest BCUT2D eigenvalue weighted by Gasteiger charge is -2.24. The van der Waals surface area contributed by atoms with E-state index in [1.165, 1.54) is 0 Å². The number of rotatable bonds is 2. The number of anilines is 1. The van der Waals surface area contributed by atoms with Crippen LogP contribution in [0.15, 0.2) is 24.3 Å². The number of aryl methyl sites for hydroxylation is 1. The van der Waals surface area contributed by atoms with Gasteiger partial charge in [-0.3, -0.25) is 4.79 Å². The van der Waals surface area contributed by atoms with Gasteiger partial charge in [-0.25, -0.2) is 9.97 Å². The van der Waals surface area contributed by atoms with Crippen LogP contribution in [0.4, 0.5) is 5.95 Å². The summed E-state index contributed by atoms with van der Waals surface area (Å²) in [5, 5.41) is 0.695. The minimum atomic E-state index is 0.105. The number of halogens is 1. The summed E-state index contributed by atoms with van der Waals surface area (Å²) in [6.07, 6.45) is 1.88. The Bertz CT molecular complexity index is 697. The van der Waals surface area contributed by atoms with Crippen molar-refractivity contribution in [2.45, 2.75) is 32.1 Å². The lowest BCUT2D eigenvalue weighted by atomic mass is 9.81. The Morgan fingerprint density at radius 3 is 2.62 bits per heavy atom. The van der Waals surface area contributed by atoms with Crippen LogP contribution in [0.1, 0.15) is 46.6 Å². The van der Waals surface area contributed by atoms with Crippen molar-refractivity contribution < 1.29 is 4.79 Å². The number of carbonyl (C=O) groups is 1. The Morgan fingerprint density at radius 1 is 1.24 bits per heavy atom. The quantitative estimate of drug-likeness (QED) is 0.925. The standard InChI is InChI=1S/C16H16ClN3O/c1-2-12-15-13(20-16(18)19-12)7-10(8-14(15)21)9-3-5-11(17)6-4-9/h3-6,10H,2,7-8H2,1H3,(H2,18,19,20). The van der Waals surface area contributed by atoms with Crippen LogP contribution in [-0.4, -0.2) is 15.8 Å². The van der Waals surface area contributed by atoms with E-state index < -0.39 is 0 Å². The molecule has 0 radical (unpaired) electrons. The van der Waals surface area contributed by atoms with Crippen LogP contribution >= 0.6 is 11.6 Å². The maximum Gasteiger partial charge on any atom is 0.220 e. The van der Waals surface area contributed by atoms with E-state index in [9.17, 15) is 4.79 Å². The van der Waals surface area contributed by atoms with Crippen LogP contribution in [0.3, 0.4) is 0 Å². The van der Waals surface area contributed by atoms with E-state index in [2.05, 4.69) is 9.97 Å². The number of carbonyl (C=O) groups excluding carboxylic acids is 1. The molecule has 2 aromatic rings. The van der Waals surface area contributed by atoms with Crippen LogP contribution in [0, 0.1) is 0 Å². The van der Waals surface area contributed by atoms with Gasteiger partial charge < -0.3 is 5.73 Å². The Morgan fingerprint density at radius 2 is 1.95 bits per heavy atom. The van der Waals surface area contributed by atoms with Crippen LogP contribution in [0.2, 0.25) is 5.02 Å². The maximum absolute atomic E-state index is 12.5. The third-order valence-electron chi connectivity index (χ3n) is 3.90. The number of benzene rings is 1. The minimum absolute atomic E-state index is 0.105. The number of nitrogen functional groups attached to an aromatic ring is 1. The summed E-state index contributed by atoms with van der Waals surface area (Å²) >= 11 is 5.92. The maximum atomic E-state index is 12.5. The first-order chi connectivity index (χ1) is 10.1. The average molecular weight is 302 g/mol. The molecule has 5 heteroatoms. The van der Waals surface area contributed by atoms with Gasteiger partial charge in [-0.1, -0.05) is 30.7 Å². The highest BCUT2D eigenvalue weighted by molar-refractivity contribution is 6.30. The number of nitrogens with zero attached hydrogens (tertiary/aromatic N) is 2. The molecule has 1 aromatic carbocycles. The number of ketones is 1. The molecule has 0 saturated carbocycles. The van der Waals surface area contributed by atoms with Gasteiger partial charge in [-0.2, -0.15) is 0 Å². The smallest absolute Gasteiger partial charge is 0.220 e. The first kappa shape index (κ1) is 14.0. The Kier molecular flexibility index (Phi) is 3.64. The van der Waals surface area contributed by atoms with Gasteiger partial charge >= 0.3 is 0 Å². The second-order valence-corrected chi connectivity index (χ2v) is 5.72. The third kappa shape index (κ3) is 2.63. The summed E-state index contributed by atoms with van der Waals surface area (Å²) in [5.41, 5.74) is 9.07. The molecule has 1 aromatic heterocycles. The molecule has 1 unspecified atom stereocenters. The van der Waals surface area contributed by atoms with E-state index in [0.717, 1.165) is 17.0 Å². The molecule has 1 heterocycles. The normalized spacial score (nSPS) is 17.6. The van der Waals surface area contributed by atoms with E-state index in [-0.39, 0.29) is 17.6 Å². The SMILES string of the molecule is CCc1nc(N)nc2c1C(=O)CC(c1ccc(Cl)cc1)C2. The third-order valence-corrected chi connectivity index (χ3v) is 4.15. The highest BCUT2D eigenvalue weighted by Crippen LogP contribution is 2.33. The van der Waals surface area contributed by atoms with Gasteiger partial charge in [-0.05, 0) is 36.5 Å². The van der Waals surface area contributed by atoms with Gasteiger partial charge in [-0.15, -0.1) is 0 Å². The van der Waals surface area contributed by atoms with Crippen molar-refractivity contribution in [2.24, 2.45) is 0 Å². The molecule has 108 valence electrons. The van der Waals surface area contributed by atoms with E-state index >= 15 is 0 Å². The summed E-state index contributed by atoms with van der Waals surface area (Å²) in [7, 11) is 0. The van der Waals surface area contributed by atoms with E-state index in [1.54, 1.807) is 0 Å². The first-order valence-electron chi connectivity index (χ1n) is 7.02. The van der Waals surface area contributed by atoms with Gasteiger partial charge in [0, 0.05) is 11.4 Å². The van der Waals surface area contributed by atoms with E-state index in [0.29, 0.717) is 29.8 Å². The molecule has 4 nitrogen and oxygen atoms in total. The van der Waals surface area contributed by atoms with Crippen LogP contribution in [0.5, 0.6) is 0 Å². The molecule has 0 aliphatic heterocycles. The molecule has 0 saturated heterocycles. The van der Waals surface area contributed by atoms with Gasteiger partial charge in [0.15, 0.2) is 5.78 Å². The molecular formula is C16H16ClN3O. The van der Waals surface area contributed by atoms with Gasteiger partial charge in [0.1, 0.15) is 0 Å². The van der Waals surface area contributed by atoms with Crippen LogP contribution < -0.4 is 5.73 Å². The number of aromatic nitrogens is 2. The van der Waals surface area contributed by atoms with Crippen molar-refractivity contribution >= 4 is 23.3 Å². The topological polar surface area (TPSA) is 68.9 Å². The predicted molar refractivity (Wildman–Crippen MR) is 82.7 cm³/mol. The largest absolute Gasteiger partial charge is 0.368 e. The average Bonchev–Trinajstić information content (AvgIpc) is 2.46. The second kappa shape index (κ2) is 5.45. The Labute approximate surface area is 128 Å². The molecule has 0 fully saturated rings. The van der Waals surface area contributed by atoms with Gasteiger partial charge in [0.25, 0.3) is 0 Å². The molecule has 1 aliphatic carbocycles. The molecule has 0 bridgehead atoms. The van der Waals surface area contributed by atoms with Crippen molar-refractivity contribution in [1.82, 2.24) is 9.97 Å². The van der Waals surface area contributed by atoms with Crippen LogP contribution in [0.25, 0.3) is 0 Å². The highest BCUT2D eigenvalue weighted by Gasteiger charge is 2.30. The molecule has 3 rings (SSSR count). The summed E-state index contributed by atoms with van der Waals surface area (Å²) in [5.74, 6) is 0.476. The molecule has 1 atom stereocenters. The fourth-order valence-corrected chi connectivity index (χ4v) is 3.03. The summed E-state index contributed by atoms with van der Waals surface area (Å²) in [4.78, 5) is 21.0. The van der Waals surface area contributed by atoms with Crippen molar-refractivity contribution in [1.29, 1.82) is 0 Å². The van der Waals surface area contributed by atoms with Crippen molar-refractivity contribution in [3.63, 3.8) is 0 Å². The van der Waals surface area contributed by atoms with Crippen molar-refractivity contribution in [2.75, 3.05) is 5.73 Å². The molecule has 2 N–H and O–H groups in total. The molecule has 21 heavy (non-hydrogen) atoms. The summed E-state index contributed by atoms with van der Waals surface area (Å²) < 4.78 is 0. The predicted octanol–water partition coefficient (Wildman–Crippen LogP) is 3.19. The van der Waals surface area contributed by atoms with E-state index in [1.807, 2.05) is 31.2 Å². The Balaban J connectivity index is 2.00. The number of nitrogens with two attached hydrogens (primary N) is 1. The lowest BCUT2D eigenvalue weighted by Crippen LogP contribution is -2.23. The summed E-state index contributed by atoms with van der Waals surface area (Å²) in [6, 6.07) is 7.64. The zero-order valence-electron chi connectivity index (χ0n) is 11.8. The monoisotopic (exact) mass is 301 g/mol. The second-order valence-electron chi connectivity index (χ2n) is 5.28. The number of fused-ring (bicyclic) bond motifs is 1. The van der Waals surface area contributed by atoms with Crippen molar-refractivity contribution in [3.05, 3.63) is 51.8 Å². The first-order valence-corrected chi connectivity index (χ1v) is 7.40.